The van der Waals surface area contributed by atoms with E-state index < -0.39 is 11.6 Å². The fraction of sp³-hybridized carbons (Fsp3) is 0.167. The molecule has 1 heterocycles. The van der Waals surface area contributed by atoms with E-state index in [-0.39, 0.29) is 17.8 Å². The number of carbonyl (C=O) groups is 1. The summed E-state index contributed by atoms with van der Waals surface area (Å²) in [5.74, 6) is -1.20. The second-order valence-corrected chi connectivity index (χ2v) is 4.19. The molecule has 94 valence electrons. The van der Waals surface area contributed by atoms with E-state index in [4.69, 9.17) is 21.2 Å². The van der Waals surface area contributed by atoms with Gasteiger partial charge in [-0.05, 0) is 18.6 Å². The Hall–Kier alpha value is -2.01. The third kappa shape index (κ3) is 2.17. The summed E-state index contributed by atoms with van der Waals surface area (Å²) in [6.45, 7) is 1.52. The fourth-order valence-corrected chi connectivity index (χ4v) is 1.85. The number of nitrogens with zero attached hydrogens (tertiary/aromatic N) is 1. The van der Waals surface area contributed by atoms with E-state index in [2.05, 4.69) is 0 Å². The molecule has 0 aliphatic carbocycles. The highest BCUT2D eigenvalue weighted by molar-refractivity contribution is 6.31. The SMILES string of the molecule is Cc1c(C(=O)O)n(Cc2ccccc2Cl)oc1=O. The number of aromatic carboxylic acids is 1. The molecule has 0 radical (unpaired) electrons. The van der Waals surface area contributed by atoms with Crippen molar-refractivity contribution >= 4 is 17.6 Å². The quantitative estimate of drug-likeness (QED) is 0.925. The van der Waals surface area contributed by atoms with E-state index in [1.807, 2.05) is 0 Å². The molecule has 6 heteroatoms. The zero-order chi connectivity index (χ0) is 13.3. The molecule has 1 N–H and O–H groups in total. The van der Waals surface area contributed by atoms with Crippen LogP contribution in [-0.2, 0) is 6.54 Å². The predicted molar refractivity (Wildman–Crippen MR) is 65.2 cm³/mol. The van der Waals surface area contributed by atoms with Gasteiger partial charge in [-0.15, -0.1) is 0 Å². The second kappa shape index (κ2) is 4.70. The van der Waals surface area contributed by atoms with E-state index in [1.165, 1.54) is 6.92 Å². The Morgan fingerprint density at radius 3 is 2.72 bits per heavy atom. The van der Waals surface area contributed by atoms with Crippen LogP contribution in [0.3, 0.4) is 0 Å². The van der Waals surface area contributed by atoms with Gasteiger partial charge in [-0.25, -0.2) is 9.59 Å². The van der Waals surface area contributed by atoms with Crippen LogP contribution in [0.5, 0.6) is 0 Å². The lowest BCUT2D eigenvalue weighted by Crippen LogP contribution is -2.10. The van der Waals surface area contributed by atoms with Crippen LogP contribution < -0.4 is 5.63 Å². The number of carboxylic acids is 1. The molecular formula is C12H10ClNO4. The number of halogens is 1. The Bertz CT molecular complexity index is 656. The Kier molecular flexibility index (Phi) is 3.25. The molecule has 0 saturated carbocycles. The normalized spacial score (nSPS) is 10.6. The number of benzene rings is 1. The minimum absolute atomic E-state index is 0.0783. The molecule has 2 aromatic rings. The lowest BCUT2D eigenvalue weighted by molar-refractivity contribution is 0.0669. The molecule has 0 spiro atoms. The molecule has 1 aromatic carbocycles. The smallest absolute Gasteiger partial charge is 0.361 e. The lowest BCUT2D eigenvalue weighted by atomic mass is 10.2. The van der Waals surface area contributed by atoms with Crippen LogP contribution >= 0.6 is 11.6 Å². The Morgan fingerprint density at radius 2 is 2.11 bits per heavy atom. The fourth-order valence-electron chi connectivity index (χ4n) is 1.66. The molecule has 5 nitrogen and oxygen atoms in total. The minimum Gasteiger partial charge on any atom is -0.476 e. The van der Waals surface area contributed by atoms with Crippen molar-refractivity contribution in [3.05, 3.63) is 56.5 Å². The monoisotopic (exact) mass is 267 g/mol. The molecule has 2 rings (SSSR count). The summed E-state index contributed by atoms with van der Waals surface area (Å²) in [5.41, 5.74) is -0.0469. The Labute approximate surface area is 107 Å². The number of hydrogen-bond donors (Lipinski definition) is 1. The van der Waals surface area contributed by atoms with Gasteiger partial charge in [0.05, 0.1) is 12.1 Å². The maximum absolute atomic E-state index is 11.4. The van der Waals surface area contributed by atoms with Gasteiger partial charge in [0.1, 0.15) is 0 Å². The van der Waals surface area contributed by atoms with Crippen molar-refractivity contribution < 1.29 is 14.4 Å². The van der Waals surface area contributed by atoms with Crippen LogP contribution in [0.25, 0.3) is 0 Å². The summed E-state index contributed by atoms with van der Waals surface area (Å²) in [5, 5.41) is 9.54. The van der Waals surface area contributed by atoms with Crippen LogP contribution in [0.15, 0.2) is 33.6 Å². The predicted octanol–water partition coefficient (Wildman–Crippen LogP) is 2.15. The van der Waals surface area contributed by atoms with E-state index in [0.717, 1.165) is 4.74 Å². The van der Waals surface area contributed by atoms with Crippen LogP contribution in [0.2, 0.25) is 5.02 Å². The Morgan fingerprint density at radius 1 is 1.44 bits per heavy atom. The number of aromatic nitrogens is 1. The first kappa shape index (κ1) is 12.4. The van der Waals surface area contributed by atoms with Crippen molar-refractivity contribution in [3.63, 3.8) is 0 Å². The Balaban J connectivity index is 2.48. The molecule has 0 amide bonds. The van der Waals surface area contributed by atoms with Crippen molar-refractivity contribution in [2.24, 2.45) is 0 Å². The molecule has 0 fully saturated rings. The number of rotatable bonds is 3. The molecule has 1 aromatic heterocycles. The van der Waals surface area contributed by atoms with Gasteiger partial charge in [0.2, 0.25) is 0 Å². The third-order valence-electron chi connectivity index (χ3n) is 2.58. The van der Waals surface area contributed by atoms with E-state index >= 15 is 0 Å². The van der Waals surface area contributed by atoms with Crippen LogP contribution in [0, 0.1) is 6.92 Å². The minimum atomic E-state index is -1.20. The second-order valence-electron chi connectivity index (χ2n) is 3.79. The first-order valence-corrected chi connectivity index (χ1v) is 5.56. The number of hydrogen-bond acceptors (Lipinski definition) is 3. The van der Waals surface area contributed by atoms with Crippen LogP contribution in [0.1, 0.15) is 21.6 Å². The van der Waals surface area contributed by atoms with E-state index in [9.17, 15) is 9.59 Å². The van der Waals surface area contributed by atoms with Crippen molar-refractivity contribution in [3.8, 4) is 0 Å². The van der Waals surface area contributed by atoms with Crippen molar-refractivity contribution in [2.45, 2.75) is 13.5 Å². The van der Waals surface area contributed by atoms with Gasteiger partial charge >= 0.3 is 11.6 Å². The summed E-state index contributed by atoms with van der Waals surface area (Å²) in [6, 6.07) is 6.96. The van der Waals surface area contributed by atoms with Gasteiger partial charge in [0, 0.05) is 5.02 Å². The molecule has 0 atom stereocenters. The first-order chi connectivity index (χ1) is 8.50. The van der Waals surface area contributed by atoms with E-state index in [0.29, 0.717) is 10.6 Å². The van der Waals surface area contributed by atoms with Crippen molar-refractivity contribution in [1.29, 1.82) is 0 Å². The molecule has 0 unspecified atom stereocenters. The highest BCUT2D eigenvalue weighted by atomic mass is 35.5. The topological polar surface area (TPSA) is 72.4 Å². The summed E-state index contributed by atoms with van der Waals surface area (Å²) in [7, 11) is 0. The summed E-state index contributed by atoms with van der Waals surface area (Å²) >= 11 is 5.97. The van der Waals surface area contributed by atoms with Crippen LogP contribution in [-0.4, -0.2) is 15.8 Å². The molecule has 0 saturated heterocycles. The largest absolute Gasteiger partial charge is 0.476 e. The number of carboxylic acid groups (broad SMARTS) is 1. The van der Waals surface area contributed by atoms with Crippen LogP contribution in [0.4, 0.5) is 0 Å². The van der Waals surface area contributed by atoms with Crippen molar-refractivity contribution in [1.82, 2.24) is 4.74 Å². The zero-order valence-electron chi connectivity index (χ0n) is 9.51. The molecule has 0 aliphatic rings. The molecular weight excluding hydrogens is 258 g/mol. The summed E-state index contributed by atoms with van der Waals surface area (Å²) in [6.07, 6.45) is 0. The van der Waals surface area contributed by atoms with Gasteiger partial charge in [0.15, 0.2) is 5.69 Å². The van der Waals surface area contributed by atoms with Gasteiger partial charge in [-0.1, -0.05) is 29.8 Å². The summed E-state index contributed by atoms with van der Waals surface area (Å²) in [4.78, 5) is 22.4. The molecule has 0 bridgehead atoms. The molecule has 18 heavy (non-hydrogen) atoms. The molecule has 0 aliphatic heterocycles. The van der Waals surface area contributed by atoms with E-state index in [1.54, 1.807) is 24.3 Å². The highest BCUT2D eigenvalue weighted by Crippen LogP contribution is 2.17. The van der Waals surface area contributed by atoms with Crippen molar-refractivity contribution in [2.75, 3.05) is 0 Å². The zero-order valence-corrected chi connectivity index (χ0v) is 10.3. The van der Waals surface area contributed by atoms with Gasteiger partial charge in [-0.3, -0.25) is 0 Å². The third-order valence-corrected chi connectivity index (χ3v) is 2.95. The maximum Gasteiger partial charge on any atom is 0.361 e. The average Bonchev–Trinajstić information content (AvgIpc) is 2.58. The summed E-state index contributed by atoms with van der Waals surface area (Å²) < 4.78 is 5.93. The average molecular weight is 268 g/mol. The highest BCUT2D eigenvalue weighted by Gasteiger charge is 2.20. The maximum atomic E-state index is 11.4. The van der Waals surface area contributed by atoms with Gasteiger partial charge < -0.3 is 9.63 Å². The van der Waals surface area contributed by atoms with Gasteiger partial charge in [-0.2, -0.15) is 4.74 Å². The first-order valence-electron chi connectivity index (χ1n) is 5.18. The lowest BCUT2D eigenvalue weighted by Gasteiger charge is -2.05. The standard InChI is InChI=1S/C12H10ClNO4/c1-7-10(11(15)16)14(18-12(7)17)6-8-4-2-3-5-9(8)13/h2-5H,6H2,1H3,(H,15,16). The van der Waals surface area contributed by atoms with Gasteiger partial charge in [0.25, 0.3) is 0 Å².